The van der Waals surface area contributed by atoms with E-state index in [0.717, 1.165) is 37.4 Å². The van der Waals surface area contributed by atoms with Gasteiger partial charge in [0.15, 0.2) is 0 Å². The summed E-state index contributed by atoms with van der Waals surface area (Å²) in [6.07, 6.45) is 0.896. The highest BCUT2D eigenvalue weighted by atomic mass is 16.3. The van der Waals surface area contributed by atoms with E-state index in [1.54, 1.807) is 0 Å². The number of amides is 1. The Labute approximate surface area is 112 Å². The van der Waals surface area contributed by atoms with Gasteiger partial charge in [0.1, 0.15) is 0 Å². The number of carbonyl (C=O) groups is 1. The Kier molecular flexibility index (Phi) is 3.29. The number of likely N-dealkylation sites (tertiary alicyclic amines) is 1. The average molecular weight is 261 g/mol. The molecule has 0 radical (unpaired) electrons. The van der Waals surface area contributed by atoms with Gasteiger partial charge in [-0.3, -0.25) is 4.79 Å². The fourth-order valence-corrected chi connectivity index (χ4v) is 2.72. The molecule has 0 spiro atoms. The average Bonchev–Trinajstić information content (AvgIpc) is 2.95. The molecule has 1 atom stereocenters. The smallest absolute Gasteiger partial charge is 0.253 e. The van der Waals surface area contributed by atoms with Gasteiger partial charge in [-0.05, 0) is 24.6 Å². The maximum atomic E-state index is 12.4. The van der Waals surface area contributed by atoms with Gasteiger partial charge >= 0.3 is 0 Å². The number of benzene rings is 1. The van der Waals surface area contributed by atoms with E-state index in [1.807, 2.05) is 23.1 Å². The van der Waals surface area contributed by atoms with Crippen LogP contribution in [0.5, 0.6) is 0 Å². The third-order valence-electron chi connectivity index (χ3n) is 3.85. The van der Waals surface area contributed by atoms with Gasteiger partial charge in [0, 0.05) is 44.3 Å². The Morgan fingerprint density at radius 3 is 2.84 bits per heavy atom. The van der Waals surface area contributed by atoms with Crippen LogP contribution in [0.25, 0.3) is 0 Å². The monoisotopic (exact) mass is 261 g/mol. The molecule has 19 heavy (non-hydrogen) atoms. The van der Waals surface area contributed by atoms with Crippen molar-refractivity contribution in [3.63, 3.8) is 0 Å². The van der Waals surface area contributed by atoms with Crippen LogP contribution in [0.2, 0.25) is 0 Å². The molecule has 1 unspecified atom stereocenters. The molecule has 1 saturated heterocycles. The summed E-state index contributed by atoms with van der Waals surface area (Å²) >= 11 is 0. The summed E-state index contributed by atoms with van der Waals surface area (Å²) in [5.74, 6) is 0.299. The molecule has 2 aliphatic rings. The van der Waals surface area contributed by atoms with Crippen LogP contribution in [0.3, 0.4) is 0 Å². The van der Waals surface area contributed by atoms with Gasteiger partial charge in [0.05, 0.1) is 11.4 Å². The Balaban J connectivity index is 1.77. The first kappa shape index (κ1) is 12.3. The Morgan fingerprint density at radius 2 is 2.11 bits per heavy atom. The van der Waals surface area contributed by atoms with Crippen LogP contribution in [0.4, 0.5) is 11.4 Å². The first-order valence-corrected chi connectivity index (χ1v) is 6.80. The third-order valence-corrected chi connectivity index (χ3v) is 3.85. The molecule has 1 amide bonds. The maximum Gasteiger partial charge on any atom is 0.253 e. The van der Waals surface area contributed by atoms with E-state index in [1.165, 1.54) is 0 Å². The van der Waals surface area contributed by atoms with Crippen molar-refractivity contribution in [2.45, 2.75) is 6.42 Å². The van der Waals surface area contributed by atoms with Crippen LogP contribution in [0.1, 0.15) is 16.8 Å². The first-order valence-electron chi connectivity index (χ1n) is 6.80. The van der Waals surface area contributed by atoms with E-state index in [-0.39, 0.29) is 18.4 Å². The molecule has 3 N–H and O–H groups in total. The van der Waals surface area contributed by atoms with Crippen molar-refractivity contribution in [3.05, 3.63) is 23.8 Å². The Bertz CT molecular complexity index is 490. The molecule has 5 nitrogen and oxygen atoms in total. The number of hydrogen-bond acceptors (Lipinski definition) is 4. The number of fused-ring (bicyclic) bond motifs is 1. The highest BCUT2D eigenvalue weighted by molar-refractivity contribution is 5.96. The van der Waals surface area contributed by atoms with Crippen molar-refractivity contribution in [1.82, 2.24) is 4.90 Å². The van der Waals surface area contributed by atoms with Crippen LogP contribution < -0.4 is 10.6 Å². The van der Waals surface area contributed by atoms with Crippen LogP contribution in [0.15, 0.2) is 18.2 Å². The maximum absolute atomic E-state index is 12.4. The predicted octanol–water partition coefficient (Wildman–Crippen LogP) is 0.978. The lowest BCUT2D eigenvalue weighted by molar-refractivity contribution is 0.0782. The zero-order valence-electron chi connectivity index (χ0n) is 10.9. The van der Waals surface area contributed by atoms with Crippen molar-refractivity contribution >= 4 is 17.3 Å². The number of nitrogens with one attached hydrogen (secondary N) is 2. The topological polar surface area (TPSA) is 64.6 Å². The zero-order valence-corrected chi connectivity index (χ0v) is 10.9. The number of aliphatic hydroxyl groups excluding tert-OH is 1. The summed E-state index contributed by atoms with van der Waals surface area (Å²) < 4.78 is 0. The van der Waals surface area contributed by atoms with Gasteiger partial charge in [0.25, 0.3) is 5.91 Å². The standard InChI is InChI=1S/C14H19N3O2/c18-9-10-3-6-17(8-10)14(19)11-1-2-12-13(7-11)16-5-4-15-12/h1-2,7,10,15-16,18H,3-6,8-9H2. The first-order chi connectivity index (χ1) is 9.28. The largest absolute Gasteiger partial charge is 0.396 e. The summed E-state index contributed by atoms with van der Waals surface area (Å²) in [7, 11) is 0. The van der Waals surface area contributed by atoms with E-state index in [0.29, 0.717) is 12.1 Å². The molecule has 0 aliphatic carbocycles. The van der Waals surface area contributed by atoms with Crippen LogP contribution >= 0.6 is 0 Å². The molecule has 2 aliphatic heterocycles. The molecule has 1 aromatic carbocycles. The highest BCUT2D eigenvalue weighted by Crippen LogP contribution is 2.27. The van der Waals surface area contributed by atoms with Gasteiger partial charge in [0.2, 0.25) is 0 Å². The fraction of sp³-hybridized carbons (Fsp3) is 0.500. The molecule has 102 valence electrons. The van der Waals surface area contributed by atoms with Crippen molar-refractivity contribution in [2.24, 2.45) is 5.92 Å². The van der Waals surface area contributed by atoms with Crippen molar-refractivity contribution in [2.75, 3.05) is 43.4 Å². The van der Waals surface area contributed by atoms with Crippen molar-refractivity contribution < 1.29 is 9.90 Å². The third kappa shape index (κ3) is 2.38. The molecule has 1 aromatic rings. The number of carbonyl (C=O) groups excluding carboxylic acids is 1. The van der Waals surface area contributed by atoms with Gasteiger partial charge < -0.3 is 20.6 Å². The Hall–Kier alpha value is -1.75. The lowest BCUT2D eigenvalue weighted by Crippen LogP contribution is -2.29. The molecule has 1 fully saturated rings. The minimum atomic E-state index is 0.0612. The lowest BCUT2D eigenvalue weighted by atomic mass is 10.1. The minimum absolute atomic E-state index is 0.0612. The van der Waals surface area contributed by atoms with Gasteiger partial charge in [-0.15, -0.1) is 0 Å². The van der Waals surface area contributed by atoms with Crippen molar-refractivity contribution in [3.8, 4) is 0 Å². The normalized spacial score (nSPS) is 21.5. The quantitative estimate of drug-likeness (QED) is 0.742. The van der Waals surface area contributed by atoms with E-state index in [9.17, 15) is 4.79 Å². The molecule has 5 heteroatoms. The van der Waals surface area contributed by atoms with E-state index in [4.69, 9.17) is 5.11 Å². The fourth-order valence-electron chi connectivity index (χ4n) is 2.72. The van der Waals surface area contributed by atoms with Gasteiger partial charge in [-0.25, -0.2) is 0 Å². The number of nitrogens with zero attached hydrogens (tertiary/aromatic N) is 1. The molecule has 0 bridgehead atoms. The second-order valence-electron chi connectivity index (χ2n) is 5.20. The second kappa shape index (κ2) is 5.09. The molecular weight excluding hydrogens is 242 g/mol. The summed E-state index contributed by atoms with van der Waals surface area (Å²) in [4.78, 5) is 14.2. The molecular formula is C14H19N3O2. The predicted molar refractivity (Wildman–Crippen MR) is 74.5 cm³/mol. The minimum Gasteiger partial charge on any atom is -0.396 e. The lowest BCUT2D eigenvalue weighted by Gasteiger charge is -2.22. The second-order valence-corrected chi connectivity index (χ2v) is 5.20. The molecule has 0 aromatic heterocycles. The SMILES string of the molecule is O=C(c1ccc2c(c1)NCCN2)N1CCC(CO)C1. The van der Waals surface area contributed by atoms with E-state index in [2.05, 4.69) is 10.6 Å². The molecule has 0 saturated carbocycles. The van der Waals surface area contributed by atoms with E-state index >= 15 is 0 Å². The van der Waals surface area contributed by atoms with Crippen LogP contribution in [0, 0.1) is 5.92 Å². The molecule has 2 heterocycles. The van der Waals surface area contributed by atoms with Crippen LogP contribution in [-0.2, 0) is 0 Å². The van der Waals surface area contributed by atoms with Gasteiger partial charge in [-0.1, -0.05) is 0 Å². The summed E-state index contributed by atoms with van der Waals surface area (Å²) in [6.45, 7) is 3.36. The summed E-state index contributed by atoms with van der Waals surface area (Å²) in [6, 6.07) is 5.73. The van der Waals surface area contributed by atoms with E-state index < -0.39 is 0 Å². The van der Waals surface area contributed by atoms with Gasteiger partial charge in [-0.2, -0.15) is 0 Å². The zero-order chi connectivity index (χ0) is 13.2. The summed E-state index contributed by atoms with van der Waals surface area (Å²) in [5, 5.41) is 15.7. The number of rotatable bonds is 2. The Morgan fingerprint density at radius 1 is 1.32 bits per heavy atom. The molecule has 3 rings (SSSR count). The summed E-state index contributed by atoms with van der Waals surface area (Å²) in [5.41, 5.74) is 2.76. The number of anilines is 2. The number of aliphatic hydroxyl groups is 1. The van der Waals surface area contributed by atoms with Crippen molar-refractivity contribution in [1.29, 1.82) is 0 Å². The number of hydrogen-bond donors (Lipinski definition) is 3. The van der Waals surface area contributed by atoms with Crippen LogP contribution in [-0.4, -0.2) is 48.7 Å². The highest BCUT2D eigenvalue weighted by Gasteiger charge is 2.26.